The van der Waals surface area contributed by atoms with E-state index in [0.717, 1.165) is 37.4 Å². The summed E-state index contributed by atoms with van der Waals surface area (Å²) in [6.45, 7) is 4.30. The SMILES string of the molecule is CCCCCCCCCN(CC1=CCCC(OC)=C1)c1ccc(OC)cc1. The number of ether oxygens (including phenoxy) is 2. The summed E-state index contributed by atoms with van der Waals surface area (Å²) in [6, 6.07) is 8.45. The summed E-state index contributed by atoms with van der Waals surface area (Å²) in [6.07, 6.45) is 16.0. The van der Waals surface area contributed by atoms with E-state index in [0.29, 0.717) is 0 Å². The predicted molar refractivity (Wildman–Crippen MR) is 116 cm³/mol. The second-order valence-corrected chi connectivity index (χ2v) is 7.37. The van der Waals surface area contributed by atoms with Crippen LogP contribution in [0.15, 0.2) is 47.7 Å². The molecule has 0 atom stereocenters. The van der Waals surface area contributed by atoms with Gasteiger partial charge in [0.05, 0.1) is 20.0 Å². The standard InChI is InChI=1S/C24H37NO2/c1-4-5-6-7-8-9-10-18-25(22-14-16-23(26-2)17-15-22)20-21-12-11-13-24(19-21)27-3/h12,14-17,19H,4-11,13,18,20H2,1-3H3. The second kappa shape index (κ2) is 12.5. The van der Waals surface area contributed by atoms with Crippen molar-refractivity contribution in [2.75, 3.05) is 32.2 Å². The normalized spacial score (nSPS) is 13.7. The van der Waals surface area contributed by atoms with E-state index in [1.54, 1.807) is 14.2 Å². The van der Waals surface area contributed by atoms with E-state index in [1.165, 1.54) is 56.2 Å². The fourth-order valence-corrected chi connectivity index (χ4v) is 3.58. The van der Waals surface area contributed by atoms with Crippen LogP contribution in [0.1, 0.15) is 64.7 Å². The summed E-state index contributed by atoms with van der Waals surface area (Å²) < 4.78 is 10.8. The van der Waals surface area contributed by atoms with Crippen molar-refractivity contribution in [1.29, 1.82) is 0 Å². The zero-order valence-electron chi connectivity index (χ0n) is 17.5. The topological polar surface area (TPSA) is 21.7 Å². The number of methoxy groups -OCH3 is 2. The molecule has 0 saturated heterocycles. The minimum absolute atomic E-state index is 0.910. The van der Waals surface area contributed by atoms with Gasteiger partial charge in [0.15, 0.2) is 0 Å². The largest absolute Gasteiger partial charge is 0.501 e. The number of hydrogen-bond acceptors (Lipinski definition) is 3. The van der Waals surface area contributed by atoms with E-state index in [2.05, 4.69) is 48.2 Å². The third-order valence-electron chi connectivity index (χ3n) is 5.25. The first-order valence-corrected chi connectivity index (χ1v) is 10.6. The zero-order chi connectivity index (χ0) is 19.3. The lowest BCUT2D eigenvalue weighted by atomic mass is 10.0. The molecule has 0 aromatic heterocycles. The molecule has 0 amide bonds. The Hall–Kier alpha value is -1.90. The van der Waals surface area contributed by atoms with Gasteiger partial charge in [-0.15, -0.1) is 0 Å². The fourth-order valence-electron chi connectivity index (χ4n) is 3.58. The van der Waals surface area contributed by atoms with Gasteiger partial charge in [-0.1, -0.05) is 51.5 Å². The molecule has 0 bridgehead atoms. The summed E-state index contributed by atoms with van der Waals surface area (Å²) in [5.41, 5.74) is 2.62. The van der Waals surface area contributed by atoms with E-state index in [1.807, 2.05) is 0 Å². The number of unbranched alkanes of at least 4 members (excludes halogenated alkanes) is 6. The second-order valence-electron chi connectivity index (χ2n) is 7.37. The maximum Gasteiger partial charge on any atom is 0.119 e. The lowest BCUT2D eigenvalue weighted by molar-refractivity contribution is 0.276. The van der Waals surface area contributed by atoms with Crippen LogP contribution in [0.5, 0.6) is 5.75 Å². The minimum atomic E-state index is 0.910. The molecule has 1 aliphatic carbocycles. The smallest absolute Gasteiger partial charge is 0.119 e. The molecule has 1 aromatic rings. The van der Waals surface area contributed by atoms with Crippen LogP contribution < -0.4 is 9.64 Å². The Morgan fingerprint density at radius 2 is 1.59 bits per heavy atom. The molecule has 1 aliphatic rings. The van der Waals surface area contributed by atoms with Crippen LogP contribution in [-0.2, 0) is 4.74 Å². The predicted octanol–water partition coefficient (Wildman–Crippen LogP) is 6.50. The molecule has 0 spiro atoms. The average molecular weight is 372 g/mol. The number of allylic oxidation sites excluding steroid dienone is 2. The van der Waals surface area contributed by atoms with Gasteiger partial charge < -0.3 is 14.4 Å². The molecule has 0 fully saturated rings. The van der Waals surface area contributed by atoms with Crippen LogP contribution >= 0.6 is 0 Å². The molecule has 3 heteroatoms. The summed E-state index contributed by atoms with van der Waals surface area (Å²) in [7, 11) is 3.49. The van der Waals surface area contributed by atoms with Crippen LogP contribution in [0.25, 0.3) is 0 Å². The Morgan fingerprint density at radius 3 is 2.26 bits per heavy atom. The molecule has 2 rings (SSSR count). The number of hydrogen-bond donors (Lipinski definition) is 0. The third-order valence-corrected chi connectivity index (χ3v) is 5.25. The monoisotopic (exact) mass is 371 g/mol. The maximum absolute atomic E-state index is 5.47. The van der Waals surface area contributed by atoms with Crippen molar-refractivity contribution in [3.8, 4) is 5.75 Å². The first-order chi connectivity index (χ1) is 13.3. The van der Waals surface area contributed by atoms with Crippen molar-refractivity contribution in [1.82, 2.24) is 0 Å². The van der Waals surface area contributed by atoms with Crippen molar-refractivity contribution in [3.63, 3.8) is 0 Å². The maximum atomic E-state index is 5.47. The van der Waals surface area contributed by atoms with E-state index in [4.69, 9.17) is 9.47 Å². The van der Waals surface area contributed by atoms with Crippen LogP contribution in [0.3, 0.4) is 0 Å². The summed E-state index contributed by atoms with van der Waals surface area (Å²) in [4.78, 5) is 2.49. The highest BCUT2D eigenvalue weighted by molar-refractivity contribution is 5.51. The van der Waals surface area contributed by atoms with Gasteiger partial charge in [-0.05, 0) is 48.8 Å². The van der Waals surface area contributed by atoms with Crippen molar-refractivity contribution in [2.24, 2.45) is 0 Å². The van der Waals surface area contributed by atoms with Gasteiger partial charge >= 0.3 is 0 Å². The van der Waals surface area contributed by atoms with Gasteiger partial charge in [0.1, 0.15) is 5.75 Å². The number of benzene rings is 1. The lowest BCUT2D eigenvalue weighted by Gasteiger charge is -2.27. The molecule has 0 unspecified atom stereocenters. The summed E-state index contributed by atoms with van der Waals surface area (Å²) in [5, 5.41) is 0. The van der Waals surface area contributed by atoms with E-state index in [-0.39, 0.29) is 0 Å². The summed E-state index contributed by atoms with van der Waals surface area (Å²) >= 11 is 0. The molecule has 27 heavy (non-hydrogen) atoms. The van der Waals surface area contributed by atoms with E-state index < -0.39 is 0 Å². The first-order valence-electron chi connectivity index (χ1n) is 10.6. The number of nitrogens with zero attached hydrogens (tertiary/aromatic N) is 1. The van der Waals surface area contributed by atoms with Gasteiger partial charge in [0.2, 0.25) is 0 Å². The van der Waals surface area contributed by atoms with Crippen LogP contribution in [0, 0.1) is 0 Å². The van der Waals surface area contributed by atoms with Crippen LogP contribution in [-0.4, -0.2) is 27.3 Å². The van der Waals surface area contributed by atoms with Crippen molar-refractivity contribution in [3.05, 3.63) is 47.7 Å². The fraction of sp³-hybridized carbons (Fsp3) is 0.583. The number of anilines is 1. The highest BCUT2D eigenvalue weighted by Gasteiger charge is 2.12. The van der Waals surface area contributed by atoms with Gasteiger partial charge in [-0.3, -0.25) is 0 Å². The molecule has 150 valence electrons. The van der Waals surface area contributed by atoms with Gasteiger partial charge in [-0.2, -0.15) is 0 Å². The first kappa shape index (κ1) is 21.4. The molecule has 0 saturated carbocycles. The highest BCUT2D eigenvalue weighted by atomic mass is 16.5. The third kappa shape index (κ3) is 7.70. The van der Waals surface area contributed by atoms with Crippen LogP contribution in [0.4, 0.5) is 5.69 Å². The Morgan fingerprint density at radius 1 is 0.889 bits per heavy atom. The van der Waals surface area contributed by atoms with Crippen molar-refractivity contribution >= 4 is 5.69 Å². The number of rotatable bonds is 13. The lowest BCUT2D eigenvalue weighted by Crippen LogP contribution is -2.27. The van der Waals surface area contributed by atoms with Gasteiger partial charge in [-0.25, -0.2) is 0 Å². The van der Waals surface area contributed by atoms with Gasteiger partial charge in [0.25, 0.3) is 0 Å². The quantitative estimate of drug-likeness (QED) is 0.369. The Kier molecular flexibility index (Phi) is 9.89. The molecule has 0 heterocycles. The van der Waals surface area contributed by atoms with Gasteiger partial charge in [0, 0.05) is 25.2 Å². The molecule has 1 aromatic carbocycles. The average Bonchev–Trinajstić information content (AvgIpc) is 2.72. The zero-order valence-corrected chi connectivity index (χ0v) is 17.5. The molecule has 0 aliphatic heterocycles. The van der Waals surface area contributed by atoms with E-state index >= 15 is 0 Å². The van der Waals surface area contributed by atoms with Crippen molar-refractivity contribution < 1.29 is 9.47 Å². The summed E-state index contributed by atoms with van der Waals surface area (Å²) in [5.74, 6) is 2.01. The molecule has 0 N–H and O–H groups in total. The molecular weight excluding hydrogens is 334 g/mol. The van der Waals surface area contributed by atoms with Crippen LogP contribution in [0.2, 0.25) is 0 Å². The van der Waals surface area contributed by atoms with E-state index in [9.17, 15) is 0 Å². The minimum Gasteiger partial charge on any atom is -0.501 e. The molecule has 3 nitrogen and oxygen atoms in total. The molecule has 0 radical (unpaired) electrons. The Balaban J connectivity index is 1.93. The Bertz CT molecular complexity index is 589. The Labute approximate surface area is 166 Å². The van der Waals surface area contributed by atoms with Crippen molar-refractivity contribution in [2.45, 2.75) is 64.7 Å². The highest BCUT2D eigenvalue weighted by Crippen LogP contribution is 2.24. The molecular formula is C24H37NO2.